The van der Waals surface area contributed by atoms with Crippen molar-refractivity contribution < 1.29 is 39.6 Å². The Kier molecular flexibility index (Phi) is 18.5. The highest BCUT2D eigenvalue weighted by Crippen LogP contribution is 2.52. The van der Waals surface area contributed by atoms with Crippen molar-refractivity contribution in [2.45, 2.75) is 72.1 Å². The van der Waals surface area contributed by atoms with Crippen molar-refractivity contribution in [1.29, 1.82) is 0 Å². The SMILES string of the molecule is CCN(CC)CC.O=C(O)CCc1ccc(N(c2ccc(CCC(=O)O)cc2)c2ccc(-c3c4c(c(-c5ccc(N(c6ccc(CCC(=O)O)cc6)c6ccc(CCC(=O)O)cc6)cc5)c5nsnc35)N=S=N4)cc2)cc1. The van der Waals surface area contributed by atoms with Gasteiger partial charge in [0.1, 0.15) is 22.4 Å². The zero-order valence-corrected chi connectivity index (χ0v) is 44.6. The molecular weight excluding hydrogens is 1010 g/mol. The molecule has 0 unspecified atom stereocenters. The van der Waals surface area contributed by atoms with Crippen molar-refractivity contribution in [2.24, 2.45) is 8.73 Å². The lowest BCUT2D eigenvalue weighted by atomic mass is 9.93. The number of rotatable bonds is 23. The highest BCUT2D eigenvalue weighted by Gasteiger charge is 2.27. The molecule has 7 aromatic carbocycles. The van der Waals surface area contributed by atoms with E-state index in [0.717, 1.165) is 102 Å². The van der Waals surface area contributed by atoms with E-state index in [1.807, 2.05) is 146 Å². The summed E-state index contributed by atoms with van der Waals surface area (Å²) < 4.78 is 19.3. The number of aliphatic carboxylic acids is 4. The zero-order valence-electron chi connectivity index (χ0n) is 43.0. The molecule has 0 atom stereocenters. The van der Waals surface area contributed by atoms with Crippen LogP contribution in [0, 0.1) is 0 Å². The Morgan fingerprint density at radius 3 is 0.857 bits per heavy atom. The average molecular weight is 1070 g/mol. The standard InChI is InChI=1S/C54H44N6O8S2.C6H15N/c61-45(62)29-9-33-1-17-39(18-2-33)59(40-19-3-34(4-20-40)10-30-46(63)64)43-25-13-37(14-26-43)49-51-53(57-69-55-51)50(54-52(49)56-70-58-54)38-15-27-44(28-16-38)60(41-21-5-35(6-22-41)11-31-47(65)66)42-23-7-36(8-24-42)12-32-48(67)68;1-4-7(5-2)6-3/h1-8,13-28H,9-12,29-32H2,(H,61,62)(H,63,64)(H,65,66)(H,67,68);4-6H2,1-3H3. The summed E-state index contributed by atoms with van der Waals surface area (Å²) in [6.45, 7) is 10.1. The van der Waals surface area contributed by atoms with E-state index in [9.17, 15) is 39.6 Å². The van der Waals surface area contributed by atoms with E-state index in [0.29, 0.717) is 48.1 Å². The number of carboxylic acids is 4. The zero-order chi connectivity index (χ0) is 54.4. The lowest BCUT2D eigenvalue weighted by Gasteiger charge is -2.26. The van der Waals surface area contributed by atoms with Crippen LogP contribution >= 0.6 is 11.7 Å². The number of hydrogen-bond donors (Lipinski definition) is 4. The van der Waals surface area contributed by atoms with Gasteiger partial charge in [-0.2, -0.15) is 17.5 Å². The van der Waals surface area contributed by atoms with E-state index in [2.05, 4.69) is 35.5 Å². The maximum Gasteiger partial charge on any atom is 0.303 e. The van der Waals surface area contributed by atoms with E-state index >= 15 is 0 Å². The number of carbonyl (C=O) groups is 4. The molecule has 1 aliphatic rings. The van der Waals surface area contributed by atoms with Crippen molar-refractivity contribution in [3.63, 3.8) is 0 Å². The first-order valence-corrected chi connectivity index (χ1v) is 27.0. The number of benzene rings is 7. The average Bonchev–Trinajstić information content (AvgIpc) is 4.14. The Morgan fingerprint density at radius 2 is 0.636 bits per heavy atom. The molecule has 8 aromatic rings. The summed E-state index contributed by atoms with van der Waals surface area (Å²) in [6.07, 6.45) is 1.77. The molecule has 9 rings (SSSR count). The second-order valence-electron chi connectivity index (χ2n) is 18.3. The van der Waals surface area contributed by atoms with Gasteiger partial charge in [-0.3, -0.25) is 19.2 Å². The Balaban J connectivity index is 0.00000105. The molecule has 394 valence electrons. The van der Waals surface area contributed by atoms with Crippen molar-refractivity contribution in [3.05, 3.63) is 168 Å². The van der Waals surface area contributed by atoms with Gasteiger partial charge in [0.05, 0.1) is 23.1 Å². The third-order valence-corrected chi connectivity index (χ3v) is 14.4. The molecule has 0 spiro atoms. The predicted octanol–water partition coefficient (Wildman–Crippen LogP) is 14.1. The van der Waals surface area contributed by atoms with Crippen LogP contribution in [0.2, 0.25) is 0 Å². The molecule has 0 saturated carbocycles. The number of hydrogen-bond acceptors (Lipinski definition) is 12. The summed E-state index contributed by atoms with van der Waals surface area (Å²) in [5.74, 6) is -3.42. The molecule has 1 aliphatic heterocycles. The highest BCUT2D eigenvalue weighted by molar-refractivity contribution is 7.58. The van der Waals surface area contributed by atoms with Crippen LogP contribution in [0.3, 0.4) is 0 Å². The first kappa shape index (κ1) is 54.9. The van der Waals surface area contributed by atoms with E-state index in [1.54, 1.807) is 0 Å². The van der Waals surface area contributed by atoms with Crippen LogP contribution in [0.25, 0.3) is 33.3 Å². The quantitative estimate of drug-likeness (QED) is 0.0470. The van der Waals surface area contributed by atoms with Gasteiger partial charge < -0.3 is 35.1 Å². The smallest absolute Gasteiger partial charge is 0.303 e. The Bertz CT molecular complexity index is 3070. The van der Waals surface area contributed by atoms with Crippen LogP contribution in [-0.2, 0) is 56.2 Å². The van der Waals surface area contributed by atoms with E-state index in [-0.39, 0.29) is 25.7 Å². The minimum atomic E-state index is -0.856. The number of carboxylic acid groups (broad SMARTS) is 4. The van der Waals surface area contributed by atoms with E-state index < -0.39 is 23.9 Å². The predicted molar refractivity (Wildman–Crippen MR) is 306 cm³/mol. The van der Waals surface area contributed by atoms with Crippen LogP contribution in [0.5, 0.6) is 0 Å². The van der Waals surface area contributed by atoms with Gasteiger partial charge >= 0.3 is 23.9 Å². The van der Waals surface area contributed by atoms with Crippen molar-refractivity contribution in [1.82, 2.24) is 13.6 Å². The molecule has 2 heterocycles. The summed E-state index contributed by atoms with van der Waals surface area (Å²) in [5, 5.41) is 37.0. The number of fused-ring (bicyclic) bond motifs is 2. The molecule has 15 nitrogen and oxygen atoms in total. The molecule has 0 aliphatic carbocycles. The molecule has 17 heteroatoms. The summed E-state index contributed by atoms with van der Waals surface area (Å²) >= 11 is 2.23. The fraction of sp³-hybridized carbons (Fsp3) is 0.233. The number of anilines is 6. The number of aryl methyl sites for hydroxylation is 4. The second kappa shape index (κ2) is 25.9. The van der Waals surface area contributed by atoms with Crippen molar-refractivity contribution >= 4 is 103 Å². The van der Waals surface area contributed by atoms with Gasteiger partial charge in [0.2, 0.25) is 0 Å². The summed E-state index contributed by atoms with van der Waals surface area (Å²) in [4.78, 5) is 51.6. The minimum absolute atomic E-state index is 0.0321. The van der Waals surface area contributed by atoms with Crippen molar-refractivity contribution in [3.8, 4) is 22.3 Å². The number of nitrogens with zero attached hydrogens (tertiary/aromatic N) is 7. The van der Waals surface area contributed by atoms with Crippen LogP contribution in [0.1, 0.15) is 68.7 Å². The van der Waals surface area contributed by atoms with Crippen LogP contribution < -0.4 is 9.80 Å². The Labute approximate surface area is 454 Å². The lowest BCUT2D eigenvalue weighted by molar-refractivity contribution is -0.138. The fourth-order valence-corrected chi connectivity index (χ4v) is 10.3. The maximum atomic E-state index is 11.3. The van der Waals surface area contributed by atoms with E-state index in [1.165, 1.54) is 19.6 Å². The van der Waals surface area contributed by atoms with Gasteiger partial charge in [-0.25, -0.2) is 0 Å². The number of aromatic nitrogens is 2. The largest absolute Gasteiger partial charge is 0.481 e. The minimum Gasteiger partial charge on any atom is -0.481 e. The van der Waals surface area contributed by atoms with Crippen molar-refractivity contribution in [2.75, 3.05) is 29.4 Å². The Morgan fingerprint density at radius 1 is 0.390 bits per heavy atom. The van der Waals surface area contributed by atoms with Crippen LogP contribution in [0.15, 0.2) is 154 Å². The molecule has 1 aromatic heterocycles. The maximum absolute atomic E-state index is 11.3. The monoisotopic (exact) mass is 1070 g/mol. The second-order valence-corrected chi connectivity index (χ2v) is 19.4. The highest BCUT2D eigenvalue weighted by atomic mass is 32.1. The van der Waals surface area contributed by atoms with Gasteiger partial charge in [-0.05, 0) is 151 Å². The van der Waals surface area contributed by atoms with E-state index in [4.69, 9.17) is 17.5 Å². The molecular formula is C60H59N7O8S2. The summed E-state index contributed by atoms with van der Waals surface area (Å²) in [6, 6.07) is 47.4. The Hall–Kier alpha value is -8.38. The van der Waals surface area contributed by atoms with Crippen LogP contribution in [-0.4, -0.2) is 77.6 Å². The lowest BCUT2D eigenvalue weighted by Crippen LogP contribution is -2.21. The molecule has 0 bridgehead atoms. The first-order chi connectivity index (χ1) is 37.3. The molecule has 77 heavy (non-hydrogen) atoms. The fourth-order valence-electron chi connectivity index (χ4n) is 9.18. The van der Waals surface area contributed by atoms with Gasteiger partial charge in [0.25, 0.3) is 0 Å². The molecule has 0 saturated heterocycles. The third-order valence-electron chi connectivity index (χ3n) is 13.4. The molecule has 4 N–H and O–H groups in total. The molecule has 0 fully saturated rings. The van der Waals surface area contributed by atoms with Crippen LogP contribution in [0.4, 0.5) is 45.5 Å². The first-order valence-electron chi connectivity index (χ1n) is 25.5. The third kappa shape index (κ3) is 13.7. The summed E-state index contributed by atoms with van der Waals surface area (Å²) in [5.41, 5.74) is 14.9. The van der Waals surface area contributed by atoms with Gasteiger partial charge in [-0.1, -0.05) is 93.6 Å². The molecule has 0 radical (unpaired) electrons. The summed E-state index contributed by atoms with van der Waals surface area (Å²) in [7, 11) is 0. The normalized spacial score (nSPS) is 11.4. The molecule has 0 amide bonds. The van der Waals surface area contributed by atoms with Gasteiger partial charge in [0, 0.05) is 70.9 Å². The van der Waals surface area contributed by atoms with Gasteiger partial charge in [-0.15, -0.1) is 0 Å². The topological polar surface area (TPSA) is 209 Å². The van der Waals surface area contributed by atoms with Gasteiger partial charge in [0.15, 0.2) is 0 Å².